The Morgan fingerprint density at radius 1 is 0.971 bits per heavy atom. The second kappa shape index (κ2) is 9.54. The van der Waals surface area contributed by atoms with Crippen LogP contribution in [0.4, 0.5) is 0 Å². The van der Waals surface area contributed by atoms with Crippen molar-refractivity contribution >= 4 is 23.4 Å². The minimum Gasteiger partial charge on any atom is -0.351 e. The predicted octanol–water partition coefficient (Wildman–Crippen LogP) is 5.92. The average molecular weight is 490 g/mol. The minimum absolute atomic E-state index is 0.101. The molecule has 0 spiro atoms. The topological polar surface area (TPSA) is 54.3 Å². The Hall–Kier alpha value is -3.05. The Kier molecular flexibility index (Phi) is 6.45. The Morgan fingerprint density at radius 3 is 2.34 bits per heavy atom. The maximum atomic E-state index is 13.9. The van der Waals surface area contributed by atoms with Gasteiger partial charge in [0.15, 0.2) is 0 Å². The lowest BCUT2D eigenvalue weighted by Gasteiger charge is -2.45. The zero-order valence-corrected chi connectivity index (χ0v) is 21.1. The van der Waals surface area contributed by atoms with Crippen molar-refractivity contribution in [2.24, 2.45) is 5.92 Å². The Labute approximate surface area is 212 Å². The van der Waals surface area contributed by atoms with Crippen molar-refractivity contribution in [1.82, 2.24) is 14.8 Å². The number of halogens is 1. The number of nitrogens with zero attached hydrogens (tertiary/aromatic N) is 2. The molecule has 182 valence electrons. The highest BCUT2D eigenvalue weighted by atomic mass is 35.5. The molecular formula is C29H32ClN3O2. The first-order chi connectivity index (χ1) is 16.9. The number of hydrogen-bond acceptors (Lipinski definition) is 2. The highest BCUT2D eigenvalue weighted by Crippen LogP contribution is 2.35. The third-order valence-electron chi connectivity index (χ3n) is 7.70. The van der Waals surface area contributed by atoms with E-state index in [1.807, 2.05) is 78.2 Å². The van der Waals surface area contributed by atoms with Crippen LogP contribution in [0.1, 0.15) is 55.6 Å². The quantitative estimate of drug-likeness (QED) is 0.483. The maximum absolute atomic E-state index is 13.9. The number of fused-ring (bicyclic) bond motifs is 1. The molecule has 5 rings (SSSR count). The first-order valence-corrected chi connectivity index (χ1v) is 12.9. The van der Waals surface area contributed by atoms with Gasteiger partial charge < -0.3 is 14.8 Å². The summed E-state index contributed by atoms with van der Waals surface area (Å²) in [5.41, 5.74) is 2.32. The summed E-state index contributed by atoms with van der Waals surface area (Å²) in [6.07, 6.45) is 4.19. The summed E-state index contributed by atoms with van der Waals surface area (Å²) in [6.45, 7) is 4.81. The van der Waals surface area contributed by atoms with Gasteiger partial charge in [-0.05, 0) is 67.9 Å². The van der Waals surface area contributed by atoms with Gasteiger partial charge in [0.1, 0.15) is 11.2 Å². The fourth-order valence-electron chi connectivity index (χ4n) is 5.42. The van der Waals surface area contributed by atoms with E-state index in [1.165, 1.54) is 0 Å². The normalized spacial score (nSPS) is 24.2. The standard InChI is InChI=1S/C29H32ClN3O2/c1-20-12-14-23(15-13-20)31-28(35)29(2)19-32-25(21-8-4-3-5-9-21)16-17-26(32)27(34)33(29)18-22-10-6-7-11-24(22)30/h3-11,16-17,20,23H,12-15,18-19H2,1-2H3,(H,31,35). The zero-order chi connectivity index (χ0) is 24.6. The summed E-state index contributed by atoms with van der Waals surface area (Å²) in [6, 6.07) is 21.5. The van der Waals surface area contributed by atoms with Crippen molar-refractivity contribution in [3.05, 3.63) is 83.0 Å². The van der Waals surface area contributed by atoms with Crippen LogP contribution in [-0.2, 0) is 17.9 Å². The number of aromatic nitrogens is 1. The van der Waals surface area contributed by atoms with Crippen LogP contribution in [0.5, 0.6) is 0 Å². The first kappa shape index (κ1) is 23.7. The van der Waals surface area contributed by atoms with Gasteiger partial charge in [-0.15, -0.1) is 0 Å². The van der Waals surface area contributed by atoms with E-state index < -0.39 is 5.54 Å². The molecule has 2 aliphatic rings. The van der Waals surface area contributed by atoms with E-state index >= 15 is 0 Å². The summed E-state index contributed by atoms with van der Waals surface area (Å²) in [7, 11) is 0. The number of benzene rings is 2. The van der Waals surface area contributed by atoms with Gasteiger partial charge in [0.2, 0.25) is 5.91 Å². The van der Waals surface area contributed by atoms with Crippen molar-refractivity contribution in [1.29, 1.82) is 0 Å². The Balaban J connectivity index is 1.53. The smallest absolute Gasteiger partial charge is 0.271 e. The predicted molar refractivity (Wildman–Crippen MR) is 139 cm³/mol. The number of carbonyl (C=O) groups is 2. The van der Waals surface area contributed by atoms with Crippen molar-refractivity contribution in [2.45, 2.75) is 64.2 Å². The largest absolute Gasteiger partial charge is 0.351 e. The molecule has 1 aliphatic heterocycles. The second-order valence-electron chi connectivity index (χ2n) is 10.2. The maximum Gasteiger partial charge on any atom is 0.271 e. The molecule has 0 saturated heterocycles. The molecule has 1 fully saturated rings. The van der Waals surface area contributed by atoms with Gasteiger partial charge in [0.25, 0.3) is 5.91 Å². The molecule has 1 unspecified atom stereocenters. The van der Waals surface area contributed by atoms with Crippen LogP contribution in [0.25, 0.3) is 11.3 Å². The molecule has 0 bridgehead atoms. The molecule has 2 heterocycles. The highest BCUT2D eigenvalue weighted by Gasteiger charge is 2.48. The SMILES string of the molecule is CC1CCC(NC(=O)C2(C)Cn3c(ccc3-c3ccccc3)C(=O)N2Cc2ccccc2Cl)CC1. The molecule has 5 nitrogen and oxygen atoms in total. The van der Waals surface area contributed by atoms with Crippen LogP contribution >= 0.6 is 11.6 Å². The molecule has 1 aromatic heterocycles. The highest BCUT2D eigenvalue weighted by molar-refractivity contribution is 6.31. The Bertz CT molecular complexity index is 1230. The van der Waals surface area contributed by atoms with Gasteiger partial charge in [0.05, 0.1) is 6.54 Å². The second-order valence-corrected chi connectivity index (χ2v) is 10.7. The molecular weight excluding hydrogens is 458 g/mol. The minimum atomic E-state index is -1.06. The van der Waals surface area contributed by atoms with Crippen LogP contribution < -0.4 is 5.32 Å². The van der Waals surface area contributed by atoms with E-state index in [1.54, 1.807) is 4.90 Å². The number of rotatable bonds is 5. The van der Waals surface area contributed by atoms with Gasteiger partial charge in [-0.1, -0.05) is 67.1 Å². The van der Waals surface area contributed by atoms with Gasteiger partial charge in [-0.25, -0.2) is 0 Å². The van der Waals surface area contributed by atoms with Crippen LogP contribution in [0.15, 0.2) is 66.7 Å². The van der Waals surface area contributed by atoms with E-state index in [9.17, 15) is 9.59 Å². The molecule has 1 atom stereocenters. The monoisotopic (exact) mass is 489 g/mol. The van der Waals surface area contributed by atoms with Crippen molar-refractivity contribution in [3.63, 3.8) is 0 Å². The summed E-state index contributed by atoms with van der Waals surface area (Å²) in [4.78, 5) is 29.6. The van der Waals surface area contributed by atoms with Crippen LogP contribution in [0.2, 0.25) is 5.02 Å². The van der Waals surface area contributed by atoms with E-state index in [4.69, 9.17) is 11.6 Å². The van der Waals surface area contributed by atoms with Crippen molar-refractivity contribution in [2.75, 3.05) is 0 Å². The Morgan fingerprint density at radius 2 is 1.63 bits per heavy atom. The van der Waals surface area contributed by atoms with Crippen LogP contribution in [0.3, 0.4) is 0 Å². The van der Waals surface area contributed by atoms with Gasteiger partial charge in [-0.2, -0.15) is 0 Å². The van der Waals surface area contributed by atoms with Crippen molar-refractivity contribution in [3.8, 4) is 11.3 Å². The summed E-state index contributed by atoms with van der Waals surface area (Å²) in [5, 5.41) is 3.90. The van der Waals surface area contributed by atoms with Crippen LogP contribution in [-0.4, -0.2) is 32.9 Å². The van der Waals surface area contributed by atoms with E-state index in [0.717, 1.165) is 42.5 Å². The molecule has 2 aromatic carbocycles. The number of hydrogen-bond donors (Lipinski definition) is 1. The molecule has 2 amide bonds. The molecule has 35 heavy (non-hydrogen) atoms. The molecule has 1 N–H and O–H groups in total. The fraction of sp³-hybridized carbons (Fsp3) is 0.379. The lowest BCUT2D eigenvalue weighted by atomic mass is 9.86. The summed E-state index contributed by atoms with van der Waals surface area (Å²) < 4.78 is 2.00. The summed E-state index contributed by atoms with van der Waals surface area (Å²) in [5.74, 6) is 0.437. The number of carbonyl (C=O) groups excluding carboxylic acids is 2. The lowest BCUT2D eigenvalue weighted by molar-refractivity contribution is -0.134. The molecule has 1 aliphatic carbocycles. The molecule has 3 aromatic rings. The van der Waals surface area contributed by atoms with Gasteiger partial charge >= 0.3 is 0 Å². The van der Waals surface area contributed by atoms with Crippen molar-refractivity contribution < 1.29 is 9.59 Å². The number of nitrogens with one attached hydrogen (secondary N) is 1. The van der Waals surface area contributed by atoms with Crippen LogP contribution in [0, 0.1) is 5.92 Å². The zero-order valence-electron chi connectivity index (χ0n) is 20.3. The number of amides is 2. The third kappa shape index (κ3) is 4.50. The third-order valence-corrected chi connectivity index (χ3v) is 8.07. The molecule has 6 heteroatoms. The lowest BCUT2D eigenvalue weighted by Crippen LogP contribution is -2.64. The van der Waals surface area contributed by atoms with E-state index in [0.29, 0.717) is 23.2 Å². The average Bonchev–Trinajstić information content (AvgIpc) is 3.28. The van der Waals surface area contributed by atoms with Gasteiger partial charge in [0, 0.05) is 23.3 Å². The van der Waals surface area contributed by atoms with Gasteiger partial charge in [-0.3, -0.25) is 9.59 Å². The molecule has 0 radical (unpaired) electrons. The molecule has 1 saturated carbocycles. The summed E-state index contributed by atoms with van der Waals surface area (Å²) >= 11 is 6.47. The first-order valence-electron chi connectivity index (χ1n) is 12.5. The van der Waals surface area contributed by atoms with E-state index in [-0.39, 0.29) is 24.4 Å². The van der Waals surface area contributed by atoms with E-state index in [2.05, 4.69) is 12.2 Å². The fourth-order valence-corrected chi connectivity index (χ4v) is 5.62.